The molecule has 2 aromatic carbocycles. The van der Waals surface area contributed by atoms with Crippen LogP contribution < -0.4 is 19.1 Å². The summed E-state index contributed by atoms with van der Waals surface area (Å²) in [5.41, 5.74) is 0.577. The van der Waals surface area contributed by atoms with E-state index in [-0.39, 0.29) is 10.7 Å². The molecule has 2 aromatic rings. The number of halogens is 2. The number of amides is 1. The first-order chi connectivity index (χ1) is 13.2. The molecular weight excluding hydrogens is 427 g/mol. The highest BCUT2D eigenvalue weighted by Crippen LogP contribution is 2.34. The molecule has 1 atom stereocenters. The number of hydrogen-bond donors (Lipinski definition) is 1. The lowest BCUT2D eigenvalue weighted by atomic mass is 10.2. The van der Waals surface area contributed by atoms with Gasteiger partial charge in [0.2, 0.25) is 15.9 Å². The van der Waals surface area contributed by atoms with Crippen molar-refractivity contribution in [1.29, 1.82) is 0 Å². The molecule has 0 radical (unpaired) electrons. The second-order valence-electron chi connectivity index (χ2n) is 6.18. The zero-order chi connectivity index (χ0) is 20.5. The second kappa shape index (κ2) is 8.06. The van der Waals surface area contributed by atoms with Crippen LogP contribution in [0, 0.1) is 0 Å². The van der Waals surface area contributed by atoms with E-state index in [1.807, 2.05) is 0 Å². The zero-order valence-corrected chi connectivity index (χ0v) is 17.4. The highest BCUT2D eigenvalue weighted by molar-refractivity contribution is 7.92. The highest BCUT2D eigenvalue weighted by Gasteiger charge is 2.31. The van der Waals surface area contributed by atoms with Crippen molar-refractivity contribution in [3.8, 4) is 11.5 Å². The van der Waals surface area contributed by atoms with Gasteiger partial charge in [-0.05, 0) is 37.3 Å². The Hall–Kier alpha value is -2.16. The maximum atomic E-state index is 12.8. The van der Waals surface area contributed by atoms with E-state index in [9.17, 15) is 13.2 Å². The number of hydrogen-bond acceptors (Lipinski definition) is 5. The fourth-order valence-corrected chi connectivity index (χ4v) is 4.41. The molecule has 150 valence electrons. The Balaban J connectivity index is 1.88. The van der Waals surface area contributed by atoms with Crippen LogP contribution in [-0.4, -0.2) is 39.8 Å². The van der Waals surface area contributed by atoms with Gasteiger partial charge in [-0.3, -0.25) is 9.10 Å². The SMILES string of the molecule is C[C@@H](C(=O)Nc1ccc2c(c1)OCCO2)N(c1cc(Cl)ccc1Cl)S(C)(=O)=O. The third-order valence-corrected chi connectivity index (χ3v) is 5.83. The Kier molecular flexibility index (Phi) is 5.92. The van der Waals surface area contributed by atoms with Gasteiger partial charge in [-0.25, -0.2) is 8.42 Å². The first-order valence-electron chi connectivity index (χ1n) is 8.32. The summed E-state index contributed by atoms with van der Waals surface area (Å²) in [6.07, 6.45) is 0.998. The number of anilines is 2. The van der Waals surface area contributed by atoms with Crippen molar-refractivity contribution in [2.24, 2.45) is 0 Å². The summed E-state index contributed by atoms with van der Waals surface area (Å²) in [6, 6.07) is 8.27. The third-order valence-electron chi connectivity index (χ3n) is 4.04. The predicted octanol–water partition coefficient (Wildman–Crippen LogP) is 3.56. The fraction of sp³-hybridized carbons (Fsp3) is 0.278. The van der Waals surface area contributed by atoms with Gasteiger partial charge in [0.1, 0.15) is 19.3 Å². The third kappa shape index (κ3) is 4.45. The fourth-order valence-electron chi connectivity index (χ4n) is 2.80. The minimum atomic E-state index is -3.82. The molecular formula is C18H18Cl2N2O5S. The molecule has 28 heavy (non-hydrogen) atoms. The minimum absolute atomic E-state index is 0.126. The van der Waals surface area contributed by atoms with Crippen LogP contribution in [0.4, 0.5) is 11.4 Å². The Morgan fingerprint density at radius 2 is 1.79 bits per heavy atom. The number of fused-ring (bicyclic) bond motifs is 1. The predicted molar refractivity (Wildman–Crippen MR) is 109 cm³/mol. The second-order valence-corrected chi connectivity index (χ2v) is 8.88. The van der Waals surface area contributed by atoms with Gasteiger partial charge in [-0.15, -0.1) is 0 Å². The summed E-state index contributed by atoms with van der Waals surface area (Å²) in [5.74, 6) is 0.550. The van der Waals surface area contributed by atoms with E-state index in [1.165, 1.54) is 25.1 Å². The molecule has 1 N–H and O–H groups in total. The van der Waals surface area contributed by atoms with E-state index in [1.54, 1.807) is 18.2 Å². The average Bonchev–Trinajstić information content (AvgIpc) is 2.63. The zero-order valence-electron chi connectivity index (χ0n) is 15.1. The maximum absolute atomic E-state index is 12.8. The van der Waals surface area contributed by atoms with Crippen molar-refractivity contribution in [3.05, 3.63) is 46.4 Å². The molecule has 0 spiro atoms. The summed E-state index contributed by atoms with van der Waals surface area (Å²) >= 11 is 12.1. The van der Waals surface area contributed by atoms with Crippen LogP contribution in [0.2, 0.25) is 10.0 Å². The molecule has 0 bridgehead atoms. The van der Waals surface area contributed by atoms with Crippen molar-refractivity contribution in [3.63, 3.8) is 0 Å². The number of nitrogens with zero attached hydrogens (tertiary/aromatic N) is 1. The number of carbonyl (C=O) groups excluding carboxylic acids is 1. The summed E-state index contributed by atoms with van der Waals surface area (Å²) in [4.78, 5) is 12.8. The van der Waals surface area contributed by atoms with E-state index < -0.39 is 22.0 Å². The van der Waals surface area contributed by atoms with Gasteiger partial charge >= 0.3 is 0 Å². The number of nitrogens with one attached hydrogen (secondary N) is 1. The Labute approximate surface area is 173 Å². The molecule has 3 rings (SSSR count). The van der Waals surface area contributed by atoms with Crippen LogP contribution in [0.15, 0.2) is 36.4 Å². The van der Waals surface area contributed by atoms with Gasteiger partial charge in [-0.2, -0.15) is 0 Å². The molecule has 0 fully saturated rings. The van der Waals surface area contributed by atoms with E-state index in [0.29, 0.717) is 35.4 Å². The Bertz CT molecular complexity index is 1010. The van der Waals surface area contributed by atoms with E-state index in [4.69, 9.17) is 32.7 Å². The van der Waals surface area contributed by atoms with Crippen molar-refractivity contribution in [2.45, 2.75) is 13.0 Å². The van der Waals surface area contributed by atoms with Crippen molar-refractivity contribution >= 4 is 50.5 Å². The van der Waals surface area contributed by atoms with Gasteiger partial charge in [0.25, 0.3) is 0 Å². The lowest BCUT2D eigenvalue weighted by Gasteiger charge is -2.29. The number of sulfonamides is 1. The largest absolute Gasteiger partial charge is 0.486 e. The summed E-state index contributed by atoms with van der Waals surface area (Å²) < 4.78 is 36.7. The molecule has 0 saturated heterocycles. The quantitative estimate of drug-likeness (QED) is 0.761. The van der Waals surface area contributed by atoms with E-state index in [2.05, 4.69) is 5.32 Å². The highest BCUT2D eigenvalue weighted by atomic mass is 35.5. The summed E-state index contributed by atoms with van der Waals surface area (Å²) in [5, 5.41) is 3.15. The van der Waals surface area contributed by atoms with Crippen molar-refractivity contribution in [1.82, 2.24) is 0 Å². The minimum Gasteiger partial charge on any atom is -0.486 e. The Morgan fingerprint density at radius 1 is 1.11 bits per heavy atom. The molecule has 0 unspecified atom stereocenters. The standard InChI is InChI=1S/C18H18Cl2N2O5S/c1-11(22(28(2,24)25)15-9-12(19)3-5-14(15)20)18(23)21-13-4-6-16-17(10-13)27-8-7-26-16/h3-6,9-11H,7-8H2,1-2H3,(H,21,23)/t11-/m0/s1. The van der Waals surface area contributed by atoms with Crippen LogP contribution in [-0.2, 0) is 14.8 Å². The van der Waals surface area contributed by atoms with Crippen LogP contribution in [0.3, 0.4) is 0 Å². The summed E-state index contributed by atoms with van der Waals surface area (Å²) in [7, 11) is -3.82. The summed E-state index contributed by atoms with van der Waals surface area (Å²) in [6.45, 7) is 2.33. The van der Waals surface area contributed by atoms with E-state index in [0.717, 1.165) is 10.6 Å². The van der Waals surface area contributed by atoms with Crippen molar-refractivity contribution in [2.75, 3.05) is 29.1 Å². The van der Waals surface area contributed by atoms with Crippen LogP contribution in [0.5, 0.6) is 11.5 Å². The number of benzene rings is 2. The molecule has 1 heterocycles. The topological polar surface area (TPSA) is 84.9 Å². The van der Waals surface area contributed by atoms with Gasteiger partial charge in [0.05, 0.1) is 17.0 Å². The molecule has 7 nitrogen and oxygen atoms in total. The molecule has 0 aliphatic carbocycles. The Morgan fingerprint density at radius 3 is 2.46 bits per heavy atom. The maximum Gasteiger partial charge on any atom is 0.247 e. The van der Waals surface area contributed by atoms with Crippen LogP contribution in [0.25, 0.3) is 0 Å². The normalized spacial score (nSPS) is 14.3. The molecule has 0 saturated carbocycles. The lowest BCUT2D eigenvalue weighted by Crippen LogP contribution is -2.45. The van der Waals surface area contributed by atoms with Gasteiger partial charge < -0.3 is 14.8 Å². The molecule has 0 aromatic heterocycles. The monoisotopic (exact) mass is 444 g/mol. The molecule has 1 aliphatic heterocycles. The van der Waals surface area contributed by atoms with Crippen LogP contribution >= 0.6 is 23.2 Å². The molecule has 10 heteroatoms. The lowest BCUT2D eigenvalue weighted by molar-refractivity contribution is -0.116. The van der Waals surface area contributed by atoms with Crippen LogP contribution in [0.1, 0.15) is 6.92 Å². The molecule has 1 amide bonds. The number of rotatable bonds is 5. The van der Waals surface area contributed by atoms with Gasteiger partial charge in [0, 0.05) is 16.8 Å². The number of ether oxygens (including phenoxy) is 2. The first kappa shape index (κ1) is 20.6. The van der Waals surface area contributed by atoms with Crippen molar-refractivity contribution < 1.29 is 22.7 Å². The van der Waals surface area contributed by atoms with E-state index >= 15 is 0 Å². The van der Waals surface area contributed by atoms with Gasteiger partial charge in [-0.1, -0.05) is 23.2 Å². The molecule has 1 aliphatic rings. The average molecular weight is 445 g/mol. The van der Waals surface area contributed by atoms with Gasteiger partial charge in [0.15, 0.2) is 11.5 Å². The smallest absolute Gasteiger partial charge is 0.247 e. The first-order valence-corrected chi connectivity index (χ1v) is 10.9. The number of carbonyl (C=O) groups is 1.